The van der Waals surface area contributed by atoms with Gasteiger partial charge in [0.1, 0.15) is 0 Å². The summed E-state index contributed by atoms with van der Waals surface area (Å²) in [6, 6.07) is 32.0. The summed E-state index contributed by atoms with van der Waals surface area (Å²) in [6.45, 7) is 8.97. The van der Waals surface area contributed by atoms with E-state index in [1.165, 1.54) is 20.9 Å². The smallest absolute Gasteiger partial charge is 0 e. The van der Waals surface area contributed by atoms with Gasteiger partial charge in [0, 0.05) is 20.1 Å². The van der Waals surface area contributed by atoms with Crippen molar-refractivity contribution < 1.29 is 24.5 Å². The van der Waals surface area contributed by atoms with E-state index in [-0.39, 0.29) is 20.1 Å². The Morgan fingerprint density at radius 2 is 1.51 bits per heavy atom. The number of hydrogen-bond acceptors (Lipinski definition) is 3. The van der Waals surface area contributed by atoms with Crippen LogP contribution in [0.5, 0.6) is 0 Å². The summed E-state index contributed by atoms with van der Waals surface area (Å²) in [6.07, 6.45) is 5.15. The van der Waals surface area contributed by atoms with Crippen LogP contribution in [0.4, 0.5) is 0 Å². The maximum absolute atomic E-state index is 6.33. The van der Waals surface area contributed by atoms with E-state index in [2.05, 4.69) is 134 Å². The Labute approximate surface area is 301 Å². The van der Waals surface area contributed by atoms with Gasteiger partial charge in [-0.2, -0.15) is 0 Å². The Morgan fingerprint density at radius 3 is 2.15 bits per heavy atom. The molecule has 0 aliphatic carbocycles. The molecule has 0 unspecified atom stereocenters. The van der Waals surface area contributed by atoms with Gasteiger partial charge < -0.3 is 0 Å². The molecule has 3 aromatic carbocycles. The van der Waals surface area contributed by atoms with Crippen LogP contribution in [0.1, 0.15) is 44.7 Å². The summed E-state index contributed by atoms with van der Waals surface area (Å²) in [5.74, 6) is 15.7. The van der Waals surface area contributed by atoms with Crippen LogP contribution >= 0.6 is 0 Å². The molecule has 6 heteroatoms. The summed E-state index contributed by atoms with van der Waals surface area (Å²) in [5.41, 5.74) is 8.64. The van der Waals surface area contributed by atoms with Crippen molar-refractivity contribution in [3.05, 3.63) is 108 Å². The average Bonchev–Trinajstić information content (AvgIpc) is 3.39. The molecule has 3 nitrogen and oxygen atoms in total. The predicted molar refractivity (Wildman–Crippen MR) is 203 cm³/mol. The molecule has 1 radical (unpaired) electrons. The Balaban J connectivity index is 0.000000216. The van der Waals surface area contributed by atoms with Gasteiger partial charge in [-0.1, -0.05) is 0 Å². The SMILES string of the molecule is CC(C)Cc1cc(-c2[c-]cccc2)nc[c]1[Ge]([CH3])([CH3])[CH3].CC(C)c1ccnc(-c2[c-]ccc3c2oc2c[c]([Ge]([CH3])([CH3])[CH3])ccc23)c1.[Ir]. The van der Waals surface area contributed by atoms with Crippen LogP contribution in [0.15, 0.2) is 89.6 Å². The topological polar surface area (TPSA) is 38.9 Å². The van der Waals surface area contributed by atoms with Crippen molar-refractivity contribution in [3.8, 4) is 22.5 Å². The van der Waals surface area contributed by atoms with Crippen molar-refractivity contribution in [2.75, 3.05) is 0 Å². The Kier molecular flexibility index (Phi) is 12.2. The minimum absolute atomic E-state index is 0. The van der Waals surface area contributed by atoms with Gasteiger partial charge in [0.2, 0.25) is 0 Å². The van der Waals surface area contributed by atoms with Crippen molar-refractivity contribution in [1.82, 2.24) is 9.97 Å². The minimum Gasteiger partial charge on any atom is 0 e. The van der Waals surface area contributed by atoms with Crippen LogP contribution in [0.3, 0.4) is 0 Å². The van der Waals surface area contributed by atoms with Gasteiger partial charge >= 0.3 is 283 Å². The summed E-state index contributed by atoms with van der Waals surface area (Å²) in [5, 5.41) is 2.31. The van der Waals surface area contributed by atoms with Crippen LogP contribution in [-0.4, -0.2) is 36.5 Å². The van der Waals surface area contributed by atoms with E-state index in [1.54, 1.807) is 4.40 Å². The molecule has 0 bridgehead atoms. The van der Waals surface area contributed by atoms with E-state index in [0.29, 0.717) is 11.8 Å². The molecular weight excluding hydrogens is 874 g/mol. The van der Waals surface area contributed by atoms with Crippen LogP contribution in [0, 0.1) is 18.1 Å². The number of rotatable bonds is 7. The molecule has 0 saturated heterocycles. The normalized spacial score (nSPS) is 11.9. The van der Waals surface area contributed by atoms with Crippen LogP contribution in [-0.2, 0) is 26.5 Å². The fourth-order valence-electron chi connectivity index (χ4n) is 5.82. The van der Waals surface area contributed by atoms with Gasteiger partial charge in [0.25, 0.3) is 0 Å². The number of pyridine rings is 2. The molecule has 0 N–H and O–H groups in total. The van der Waals surface area contributed by atoms with Gasteiger partial charge in [-0.3, -0.25) is 0 Å². The maximum atomic E-state index is 6.33. The number of aromatic nitrogens is 2. The molecule has 3 aromatic heterocycles. The molecular formula is C41H48Ge2IrN2O-2. The molecule has 247 valence electrons. The molecule has 0 atom stereocenters. The van der Waals surface area contributed by atoms with Crippen LogP contribution in [0.25, 0.3) is 44.5 Å². The van der Waals surface area contributed by atoms with E-state index in [1.807, 2.05) is 30.5 Å². The predicted octanol–water partition coefficient (Wildman–Crippen LogP) is 10.4. The Morgan fingerprint density at radius 1 is 0.745 bits per heavy atom. The van der Waals surface area contributed by atoms with Crippen molar-refractivity contribution in [2.24, 2.45) is 5.92 Å². The number of benzene rings is 3. The van der Waals surface area contributed by atoms with Gasteiger partial charge in [0.15, 0.2) is 0 Å². The summed E-state index contributed by atoms with van der Waals surface area (Å²) >= 11 is -3.75. The molecule has 6 aromatic rings. The molecule has 3 heterocycles. The molecule has 0 spiro atoms. The first-order valence-corrected chi connectivity index (χ1v) is 31.2. The zero-order valence-electron chi connectivity index (χ0n) is 29.6. The molecule has 0 aliphatic rings. The average molecular weight is 922 g/mol. The second-order valence-corrected chi connectivity index (χ2v) is 36.4. The first kappa shape index (κ1) is 37.3. The molecule has 47 heavy (non-hydrogen) atoms. The molecule has 0 amide bonds. The van der Waals surface area contributed by atoms with Crippen molar-refractivity contribution >= 4 is 57.3 Å². The largest absolute Gasteiger partial charge is 0 e. The Hall–Kier alpha value is -2.50. The third kappa shape index (κ3) is 8.95. The standard InChI is InChI=1S/C23H24GeNO.C18H24GeN.Ir/c1-15(2)16-11-12-25-21(13-16)20-8-6-7-19-18-10-9-17(24(3,4)5)14-22(18)26-23(19)20;1-14(2)11-16-12-18(15-9-7-6-8-10-15)20-13-17(16)19(3,4)5;/h6-7,9-15H,1-5H3;6-9,12-14H,11H2,1-5H3;/q2*-1;. The zero-order chi connectivity index (χ0) is 33.2. The van der Waals surface area contributed by atoms with E-state index in [0.717, 1.165) is 45.5 Å². The maximum Gasteiger partial charge on any atom is 0 e. The van der Waals surface area contributed by atoms with E-state index >= 15 is 0 Å². The van der Waals surface area contributed by atoms with E-state index in [9.17, 15) is 0 Å². The number of nitrogens with zero attached hydrogens (tertiary/aromatic N) is 2. The van der Waals surface area contributed by atoms with Gasteiger partial charge in [-0.05, 0) is 0 Å². The monoisotopic (exact) mass is 925 g/mol. The third-order valence-corrected chi connectivity index (χ3v) is 17.0. The van der Waals surface area contributed by atoms with Crippen molar-refractivity contribution in [1.29, 1.82) is 0 Å². The van der Waals surface area contributed by atoms with E-state index in [4.69, 9.17) is 9.40 Å². The number of hydrogen-bond donors (Lipinski definition) is 0. The molecule has 6 rings (SSSR count). The third-order valence-electron chi connectivity index (χ3n) is 8.42. The Bertz CT molecular complexity index is 1950. The zero-order valence-corrected chi connectivity index (χ0v) is 36.2. The molecule has 0 fully saturated rings. The van der Waals surface area contributed by atoms with Gasteiger partial charge in [-0.25, -0.2) is 0 Å². The fraction of sp³-hybridized carbons (Fsp3) is 0.317. The van der Waals surface area contributed by atoms with Crippen molar-refractivity contribution in [2.45, 2.75) is 74.6 Å². The first-order valence-electron chi connectivity index (χ1n) is 16.5. The second-order valence-electron chi connectivity index (χ2n) is 15.1. The molecule has 0 saturated carbocycles. The number of fused-ring (bicyclic) bond motifs is 3. The van der Waals surface area contributed by atoms with Gasteiger partial charge in [-0.15, -0.1) is 0 Å². The van der Waals surface area contributed by atoms with E-state index < -0.39 is 26.5 Å². The minimum atomic E-state index is -1.89. The van der Waals surface area contributed by atoms with Crippen LogP contribution in [0.2, 0.25) is 34.5 Å². The van der Waals surface area contributed by atoms with Gasteiger partial charge in [0.05, 0.1) is 0 Å². The van der Waals surface area contributed by atoms with Crippen molar-refractivity contribution in [3.63, 3.8) is 0 Å². The fourth-order valence-corrected chi connectivity index (χ4v) is 11.6. The first-order chi connectivity index (χ1) is 21.7. The summed E-state index contributed by atoms with van der Waals surface area (Å²) in [4.78, 5) is 9.29. The summed E-state index contributed by atoms with van der Waals surface area (Å²) in [7, 11) is 0. The second kappa shape index (κ2) is 15.4. The summed E-state index contributed by atoms with van der Waals surface area (Å²) < 4.78 is 9.33. The van der Waals surface area contributed by atoms with Crippen LogP contribution < -0.4 is 8.79 Å². The number of furan rings is 1. The quantitative estimate of drug-likeness (QED) is 0.118. The molecule has 0 aliphatic heterocycles.